The Morgan fingerprint density at radius 1 is 1.62 bits per heavy atom. The summed E-state index contributed by atoms with van der Waals surface area (Å²) in [5, 5.41) is 6.88. The molecule has 2 rings (SSSR count). The highest BCUT2D eigenvalue weighted by atomic mass is 16.5. The van der Waals surface area contributed by atoms with Gasteiger partial charge in [-0.3, -0.25) is 9.48 Å². The Bertz CT molecular complexity index is 462. The number of carbonyl (C=O) groups excluding carboxylic acids is 2. The molecular formula is C10H13N3O3. The second kappa shape index (κ2) is 3.33. The van der Waals surface area contributed by atoms with E-state index in [0.29, 0.717) is 12.2 Å². The zero-order chi connectivity index (χ0) is 11.9. The molecule has 0 unspecified atom stereocenters. The van der Waals surface area contributed by atoms with E-state index >= 15 is 0 Å². The Morgan fingerprint density at radius 3 is 2.94 bits per heavy atom. The van der Waals surface area contributed by atoms with Crippen molar-refractivity contribution in [3.05, 3.63) is 17.5 Å². The fourth-order valence-corrected chi connectivity index (χ4v) is 1.71. The van der Waals surface area contributed by atoms with E-state index < -0.39 is 5.97 Å². The van der Waals surface area contributed by atoms with Crippen LogP contribution in [0.4, 0.5) is 0 Å². The summed E-state index contributed by atoms with van der Waals surface area (Å²) in [6, 6.07) is 1.44. The van der Waals surface area contributed by atoms with Gasteiger partial charge in [0, 0.05) is 6.07 Å². The van der Waals surface area contributed by atoms with E-state index in [9.17, 15) is 9.59 Å². The third kappa shape index (κ3) is 1.66. The maximum Gasteiger partial charge on any atom is 0.358 e. The van der Waals surface area contributed by atoms with Crippen molar-refractivity contribution in [2.24, 2.45) is 0 Å². The summed E-state index contributed by atoms with van der Waals surface area (Å²) in [5.74, 6) is -0.758. The van der Waals surface area contributed by atoms with Gasteiger partial charge in [-0.25, -0.2) is 4.79 Å². The average molecular weight is 223 g/mol. The number of esters is 1. The van der Waals surface area contributed by atoms with E-state index in [1.165, 1.54) is 17.9 Å². The monoisotopic (exact) mass is 223 g/mol. The minimum absolute atomic E-state index is 0.158. The maximum absolute atomic E-state index is 11.7. The molecule has 0 spiro atoms. The lowest BCUT2D eigenvalue weighted by Crippen LogP contribution is -2.51. The van der Waals surface area contributed by atoms with Crippen molar-refractivity contribution in [1.82, 2.24) is 15.1 Å². The molecule has 16 heavy (non-hydrogen) atoms. The number of methoxy groups -OCH3 is 1. The molecule has 0 radical (unpaired) electrons. The summed E-state index contributed by atoms with van der Waals surface area (Å²) < 4.78 is 6.09. The van der Waals surface area contributed by atoms with Crippen LogP contribution in [0.25, 0.3) is 0 Å². The molecule has 6 nitrogen and oxygen atoms in total. The second-order valence-electron chi connectivity index (χ2n) is 4.40. The molecule has 1 aliphatic heterocycles. The van der Waals surface area contributed by atoms with Crippen LogP contribution in [0.1, 0.15) is 34.8 Å². The molecule has 1 aliphatic rings. The first kappa shape index (κ1) is 10.7. The first-order chi connectivity index (χ1) is 7.43. The topological polar surface area (TPSA) is 73.2 Å². The van der Waals surface area contributed by atoms with Gasteiger partial charge in [0.25, 0.3) is 5.91 Å². The van der Waals surface area contributed by atoms with Crippen molar-refractivity contribution in [2.75, 3.05) is 7.11 Å². The van der Waals surface area contributed by atoms with Crippen molar-refractivity contribution in [3.8, 4) is 0 Å². The predicted octanol–water partition coefficient (Wildman–Crippen LogP) is 0.192. The fraction of sp³-hybridized carbons (Fsp3) is 0.500. The average Bonchev–Trinajstić information content (AvgIpc) is 2.58. The standard InChI is InChI=1S/C10H13N3O3/c1-10(2)5-13-7(8(14)11-10)4-6(12-13)9(15)16-3/h4H,5H2,1-3H3,(H,11,14). The van der Waals surface area contributed by atoms with Gasteiger partial charge in [-0.15, -0.1) is 0 Å². The number of amides is 1. The Balaban J connectivity index is 2.41. The Morgan fingerprint density at radius 2 is 2.31 bits per heavy atom. The van der Waals surface area contributed by atoms with Crippen LogP contribution in [-0.4, -0.2) is 34.3 Å². The van der Waals surface area contributed by atoms with E-state index in [1.807, 2.05) is 13.8 Å². The lowest BCUT2D eigenvalue weighted by atomic mass is 10.0. The van der Waals surface area contributed by atoms with E-state index in [1.54, 1.807) is 0 Å². The van der Waals surface area contributed by atoms with E-state index in [-0.39, 0.29) is 17.1 Å². The van der Waals surface area contributed by atoms with Gasteiger partial charge in [-0.05, 0) is 13.8 Å². The highest BCUT2D eigenvalue weighted by Gasteiger charge is 2.32. The summed E-state index contributed by atoms with van der Waals surface area (Å²) in [4.78, 5) is 23.0. The summed E-state index contributed by atoms with van der Waals surface area (Å²) in [6.45, 7) is 4.33. The SMILES string of the molecule is COC(=O)c1cc2n(n1)CC(C)(C)NC2=O. The molecular weight excluding hydrogens is 210 g/mol. The molecule has 6 heteroatoms. The Labute approximate surface area is 92.6 Å². The number of hydrogen-bond donors (Lipinski definition) is 1. The first-order valence-electron chi connectivity index (χ1n) is 4.91. The van der Waals surface area contributed by atoms with Gasteiger partial charge >= 0.3 is 5.97 Å². The molecule has 0 atom stereocenters. The first-order valence-corrected chi connectivity index (χ1v) is 4.91. The molecule has 1 aromatic rings. The summed E-state index contributed by atoms with van der Waals surface area (Å²) in [5.41, 5.74) is 0.189. The normalized spacial score (nSPS) is 17.6. The van der Waals surface area contributed by atoms with Crippen LogP contribution >= 0.6 is 0 Å². The van der Waals surface area contributed by atoms with Gasteiger partial charge in [-0.2, -0.15) is 5.10 Å². The molecule has 1 amide bonds. The van der Waals surface area contributed by atoms with E-state index in [2.05, 4.69) is 15.2 Å². The number of rotatable bonds is 1. The van der Waals surface area contributed by atoms with E-state index in [4.69, 9.17) is 0 Å². The molecule has 86 valence electrons. The van der Waals surface area contributed by atoms with Gasteiger partial charge < -0.3 is 10.1 Å². The molecule has 1 N–H and O–H groups in total. The molecule has 0 fully saturated rings. The Kier molecular flexibility index (Phi) is 2.22. The fourth-order valence-electron chi connectivity index (χ4n) is 1.71. The van der Waals surface area contributed by atoms with Crippen LogP contribution in [0.15, 0.2) is 6.07 Å². The predicted molar refractivity (Wildman–Crippen MR) is 55.1 cm³/mol. The smallest absolute Gasteiger partial charge is 0.358 e. The maximum atomic E-state index is 11.7. The van der Waals surface area contributed by atoms with Crippen molar-refractivity contribution >= 4 is 11.9 Å². The molecule has 0 saturated carbocycles. The summed E-state index contributed by atoms with van der Waals surface area (Å²) in [6.07, 6.45) is 0. The van der Waals surface area contributed by atoms with Gasteiger partial charge in [-0.1, -0.05) is 0 Å². The van der Waals surface area contributed by atoms with Crippen LogP contribution in [0.2, 0.25) is 0 Å². The zero-order valence-electron chi connectivity index (χ0n) is 9.40. The molecule has 0 saturated heterocycles. The van der Waals surface area contributed by atoms with Crippen LogP contribution in [-0.2, 0) is 11.3 Å². The number of aromatic nitrogens is 2. The minimum Gasteiger partial charge on any atom is -0.464 e. The van der Waals surface area contributed by atoms with Gasteiger partial charge in [0.05, 0.1) is 19.2 Å². The number of nitrogens with one attached hydrogen (secondary N) is 1. The van der Waals surface area contributed by atoms with Gasteiger partial charge in [0.1, 0.15) is 5.69 Å². The summed E-state index contributed by atoms with van der Waals surface area (Å²) >= 11 is 0. The highest BCUT2D eigenvalue weighted by Crippen LogP contribution is 2.17. The largest absolute Gasteiger partial charge is 0.464 e. The third-order valence-electron chi connectivity index (χ3n) is 2.40. The Hall–Kier alpha value is -1.85. The van der Waals surface area contributed by atoms with Crippen LogP contribution in [0.3, 0.4) is 0 Å². The number of nitrogens with zero attached hydrogens (tertiary/aromatic N) is 2. The molecule has 1 aromatic heterocycles. The molecule has 0 aliphatic carbocycles. The van der Waals surface area contributed by atoms with Gasteiger partial charge in [0.15, 0.2) is 5.69 Å². The van der Waals surface area contributed by atoms with Crippen molar-refractivity contribution < 1.29 is 14.3 Å². The zero-order valence-corrected chi connectivity index (χ0v) is 9.40. The van der Waals surface area contributed by atoms with E-state index in [0.717, 1.165) is 0 Å². The third-order valence-corrected chi connectivity index (χ3v) is 2.40. The quantitative estimate of drug-likeness (QED) is 0.690. The number of carbonyl (C=O) groups is 2. The number of hydrogen-bond acceptors (Lipinski definition) is 4. The highest BCUT2D eigenvalue weighted by molar-refractivity contribution is 5.97. The lowest BCUT2D eigenvalue weighted by Gasteiger charge is -2.31. The number of fused-ring (bicyclic) bond motifs is 1. The van der Waals surface area contributed by atoms with Crippen molar-refractivity contribution in [2.45, 2.75) is 25.9 Å². The van der Waals surface area contributed by atoms with Gasteiger partial charge in [0.2, 0.25) is 0 Å². The summed E-state index contributed by atoms with van der Waals surface area (Å²) in [7, 11) is 1.28. The van der Waals surface area contributed by atoms with Crippen LogP contribution < -0.4 is 5.32 Å². The molecule has 0 bridgehead atoms. The minimum atomic E-state index is -0.535. The van der Waals surface area contributed by atoms with Crippen molar-refractivity contribution in [3.63, 3.8) is 0 Å². The van der Waals surface area contributed by atoms with Crippen LogP contribution in [0.5, 0.6) is 0 Å². The second-order valence-corrected chi connectivity index (χ2v) is 4.40. The van der Waals surface area contributed by atoms with Crippen LogP contribution in [0, 0.1) is 0 Å². The molecule has 2 heterocycles. The number of ether oxygens (including phenoxy) is 1. The molecule has 0 aromatic carbocycles. The van der Waals surface area contributed by atoms with Crippen molar-refractivity contribution in [1.29, 1.82) is 0 Å². The lowest BCUT2D eigenvalue weighted by molar-refractivity contribution is 0.0591.